The molecule has 2 aromatic rings. The van der Waals surface area contributed by atoms with Gasteiger partial charge in [0.05, 0.1) is 30.9 Å². The third-order valence-corrected chi connectivity index (χ3v) is 3.20. The van der Waals surface area contributed by atoms with Crippen LogP contribution in [-0.4, -0.2) is 24.3 Å². The van der Waals surface area contributed by atoms with Crippen molar-refractivity contribution in [2.75, 3.05) is 24.9 Å². The number of non-ortho nitro benzene ring substituents is 1. The molecule has 0 spiro atoms. The molecule has 0 atom stereocenters. The van der Waals surface area contributed by atoms with E-state index in [9.17, 15) is 10.1 Å². The Labute approximate surface area is 138 Å². The predicted molar refractivity (Wildman–Crippen MR) is 92.5 cm³/mol. The van der Waals surface area contributed by atoms with Gasteiger partial charge >= 0.3 is 0 Å². The molecule has 2 N–H and O–H groups in total. The van der Waals surface area contributed by atoms with Crippen molar-refractivity contribution in [1.29, 1.82) is 0 Å². The lowest BCUT2D eigenvalue weighted by molar-refractivity contribution is -0.384. The van der Waals surface area contributed by atoms with Crippen molar-refractivity contribution < 1.29 is 14.4 Å². The van der Waals surface area contributed by atoms with Crippen LogP contribution in [0.15, 0.2) is 42.5 Å². The van der Waals surface area contributed by atoms with Crippen LogP contribution in [-0.2, 0) is 0 Å². The summed E-state index contributed by atoms with van der Waals surface area (Å²) in [6, 6.07) is 11.5. The van der Waals surface area contributed by atoms with Crippen LogP contribution < -0.4 is 20.1 Å². The molecule has 0 unspecified atom stereocenters. The lowest BCUT2D eigenvalue weighted by atomic mass is 10.2. The Balaban J connectivity index is 2.08. The molecule has 0 aromatic heterocycles. The molecule has 23 heavy (non-hydrogen) atoms. The van der Waals surface area contributed by atoms with Crippen LogP contribution in [0.4, 0.5) is 17.1 Å². The molecule has 2 aromatic carbocycles. The number of hydrogen-bond acceptors (Lipinski definition) is 5. The van der Waals surface area contributed by atoms with Crippen molar-refractivity contribution in [3.8, 4) is 11.5 Å². The molecule has 0 aliphatic carbocycles. The number of anilines is 2. The van der Waals surface area contributed by atoms with Gasteiger partial charge in [-0.25, -0.2) is 0 Å². The topological polar surface area (TPSA) is 85.7 Å². The van der Waals surface area contributed by atoms with E-state index < -0.39 is 4.92 Å². The summed E-state index contributed by atoms with van der Waals surface area (Å²) in [5.74, 6) is 1.07. The van der Waals surface area contributed by atoms with Gasteiger partial charge in [0.25, 0.3) is 5.69 Å². The number of nitro benzene ring substituents is 1. The van der Waals surface area contributed by atoms with Crippen LogP contribution in [0.2, 0.25) is 0 Å². The van der Waals surface area contributed by atoms with Crippen LogP contribution in [0.5, 0.6) is 11.5 Å². The largest absolute Gasteiger partial charge is 0.497 e. The molecule has 2 rings (SSSR count). The first-order valence-electron chi connectivity index (χ1n) is 6.58. The van der Waals surface area contributed by atoms with Crippen LogP contribution in [0.25, 0.3) is 0 Å². The molecule has 120 valence electrons. The fourth-order valence-corrected chi connectivity index (χ4v) is 2.08. The van der Waals surface area contributed by atoms with E-state index in [1.54, 1.807) is 25.3 Å². The second-order valence-corrected chi connectivity index (χ2v) is 4.86. The molecule has 0 radical (unpaired) electrons. The zero-order chi connectivity index (χ0) is 16.8. The van der Waals surface area contributed by atoms with Crippen LogP contribution >= 0.6 is 12.2 Å². The number of ether oxygens (including phenoxy) is 2. The minimum absolute atomic E-state index is 0.0542. The maximum absolute atomic E-state index is 10.8. The van der Waals surface area contributed by atoms with Crippen LogP contribution in [0, 0.1) is 10.1 Å². The lowest BCUT2D eigenvalue weighted by Crippen LogP contribution is -2.19. The summed E-state index contributed by atoms with van der Waals surface area (Å²) in [7, 11) is 3.03. The summed E-state index contributed by atoms with van der Waals surface area (Å²) in [6.07, 6.45) is 0. The molecule has 8 heteroatoms. The van der Waals surface area contributed by atoms with Gasteiger partial charge in [0.2, 0.25) is 0 Å². The predicted octanol–water partition coefficient (Wildman–Crippen LogP) is 3.42. The minimum Gasteiger partial charge on any atom is -0.497 e. The Hall–Kier alpha value is -2.87. The fourth-order valence-electron chi connectivity index (χ4n) is 1.86. The van der Waals surface area contributed by atoms with Crippen molar-refractivity contribution in [1.82, 2.24) is 0 Å². The SMILES string of the molecule is COc1ccc(NC(=S)Nc2ccc([N+](=O)[O-])cc2OC)cc1. The quantitative estimate of drug-likeness (QED) is 0.492. The van der Waals surface area contributed by atoms with Crippen molar-refractivity contribution >= 4 is 34.4 Å². The monoisotopic (exact) mass is 333 g/mol. The highest BCUT2D eigenvalue weighted by molar-refractivity contribution is 7.80. The molecule has 0 heterocycles. The summed E-state index contributed by atoms with van der Waals surface area (Å²) in [6.45, 7) is 0. The van der Waals surface area contributed by atoms with Gasteiger partial charge in [-0.1, -0.05) is 0 Å². The summed E-state index contributed by atoms with van der Waals surface area (Å²) in [4.78, 5) is 10.3. The van der Waals surface area contributed by atoms with E-state index in [0.717, 1.165) is 11.4 Å². The minimum atomic E-state index is -0.486. The van der Waals surface area contributed by atoms with Gasteiger partial charge in [0.1, 0.15) is 11.5 Å². The Morgan fingerprint density at radius 3 is 2.35 bits per heavy atom. The van der Waals surface area contributed by atoms with E-state index in [2.05, 4.69) is 10.6 Å². The molecule has 0 aliphatic rings. The molecule has 0 saturated heterocycles. The van der Waals surface area contributed by atoms with Gasteiger partial charge in [-0.05, 0) is 42.5 Å². The van der Waals surface area contributed by atoms with Gasteiger partial charge in [0, 0.05) is 11.8 Å². The number of nitrogens with zero attached hydrogens (tertiary/aromatic N) is 1. The molecular weight excluding hydrogens is 318 g/mol. The van der Waals surface area contributed by atoms with Crippen molar-refractivity contribution in [3.63, 3.8) is 0 Å². The van der Waals surface area contributed by atoms with E-state index in [4.69, 9.17) is 21.7 Å². The number of rotatable bonds is 5. The highest BCUT2D eigenvalue weighted by Crippen LogP contribution is 2.29. The number of nitrogens with one attached hydrogen (secondary N) is 2. The summed E-state index contributed by atoms with van der Waals surface area (Å²) < 4.78 is 10.2. The van der Waals surface area contributed by atoms with Gasteiger partial charge in [-0.2, -0.15) is 0 Å². The molecule has 0 saturated carbocycles. The molecular formula is C15H15N3O4S. The second kappa shape index (κ2) is 7.41. The number of nitro groups is 1. The van der Waals surface area contributed by atoms with Crippen molar-refractivity contribution in [3.05, 3.63) is 52.6 Å². The zero-order valence-electron chi connectivity index (χ0n) is 12.5. The smallest absolute Gasteiger partial charge is 0.273 e. The Kier molecular flexibility index (Phi) is 5.32. The standard InChI is InChI=1S/C15H15N3O4S/c1-21-12-6-3-10(4-7-12)16-15(23)17-13-8-5-11(18(19)20)9-14(13)22-2/h3-9H,1-2H3,(H2,16,17,23). The third kappa shape index (κ3) is 4.30. The Morgan fingerprint density at radius 1 is 1.09 bits per heavy atom. The summed E-state index contributed by atoms with van der Waals surface area (Å²) in [5, 5.41) is 17.1. The van der Waals surface area contributed by atoms with Gasteiger partial charge < -0.3 is 20.1 Å². The zero-order valence-corrected chi connectivity index (χ0v) is 13.3. The van der Waals surface area contributed by atoms with E-state index >= 15 is 0 Å². The maximum Gasteiger partial charge on any atom is 0.273 e. The first-order valence-corrected chi connectivity index (χ1v) is 6.99. The normalized spacial score (nSPS) is 9.83. The Morgan fingerprint density at radius 2 is 1.78 bits per heavy atom. The highest BCUT2D eigenvalue weighted by atomic mass is 32.1. The van der Waals surface area contributed by atoms with E-state index in [-0.39, 0.29) is 5.69 Å². The maximum atomic E-state index is 10.8. The van der Waals surface area contributed by atoms with Crippen molar-refractivity contribution in [2.24, 2.45) is 0 Å². The number of benzene rings is 2. The molecule has 0 amide bonds. The van der Waals surface area contributed by atoms with E-state index in [1.165, 1.54) is 19.2 Å². The summed E-state index contributed by atoms with van der Waals surface area (Å²) in [5.41, 5.74) is 1.26. The average molecular weight is 333 g/mol. The van der Waals surface area contributed by atoms with E-state index in [0.29, 0.717) is 16.5 Å². The number of thiocarbonyl (C=S) groups is 1. The van der Waals surface area contributed by atoms with Crippen molar-refractivity contribution in [2.45, 2.75) is 0 Å². The first kappa shape index (κ1) is 16.5. The molecule has 0 bridgehead atoms. The number of hydrogen-bond donors (Lipinski definition) is 2. The molecule has 0 aliphatic heterocycles. The van der Waals surface area contributed by atoms with E-state index in [1.807, 2.05) is 12.1 Å². The van der Waals surface area contributed by atoms with Crippen LogP contribution in [0.3, 0.4) is 0 Å². The third-order valence-electron chi connectivity index (χ3n) is 2.99. The highest BCUT2D eigenvalue weighted by Gasteiger charge is 2.12. The molecule has 7 nitrogen and oxygen atoms in total. The molecule has 0 fully saturated rings. The fraction of sp³-hybridized carbons (Fsp3) is 0.133. The van der Waals surface area contributed by atoms with Crippen LogP contribution in [0.1, 0.15) is 0 Å². The lowest BCUT2D eigenvalue weighted by Gasteiger charge is -2.13. The average Bonchev–Trinajstić information content (AvgIpc) is 2.55. The first-order chi connectivity index (χ1) is 11.0. The van der Waals surface area contributed by atoms with Gasteiger partial charge in [0.15, 0.2) is 5.11 Å². The Bertz CT molecular complexity index is 719. The number of methoxy groups -OCH3 is 2. The van der Waals surface area contributed by atoms with Gasteiger partial charge in [-0.3, -0.25) is 10.1 Å². The summed E-state index contributed by atoms with van der Waals surface area (Å²) >= 11 is 5.23. The second-order valence-electron chi connectivity index (χ2n) is 4.45. The van der Waals surface area contributed by atoms with Gasteiger partial charge in [-0.15, -0.1) is 0 Å².